The van der Waals surface area contributed by atoms with Crippen LogP contribution in [-0.4, -0.2) is 45.1 Å². The fraction of sp³-hybridized carbons (Fsp3) is 0.478. The molecular weight excluding hydrogens is 451 g/mol. The third-order valence-electron chi connectivity index (χ3n) is 6.06. The number of nitrogens with zero attached hydrogens (tertiary/aromatic N) is 2. The van der Waals surface area contributed by atoms with E-state index in [0.717, 1.165) is 23.0 Å². The molecule has 1 fully saturated rings. The summed E-state index contributed by atoms with van der Waals surface area (Å²) in [5.74, 6) is -0.430. The van der Waals surface area contributed by atoms with Gasteiger partial charge >= 0.3 is 12.1 Å². The van der Waals surface area contributed by atoms with Gasteiger partial charge in [0, 0.05) is 29.4 Å². The summed E-state index contributed by atoms with van der Waals surface area (Å²) in [6, 6.07) is 4.22. The first kappa shape index (κ1) is 25.3. The molecule has 0 saturated heterocycles. The molecule has 2 aromatic heterocycles. The van der Waals surface area contributed by atoms with E-state index in [1.165, 1.54) is 12.8 Å². The molecule has 2 aromatic rings. The zero-order valence-corrected chi connectivity index (χ0v) is 19.1. The zero-order chi connectivity index (χ0) is 25.0. The van der Waals surface area contributed by atoms with Crippen molar-refractivity contribution >= 4 is 34.9 Å². The molecule has 184 valence electrons. The van der Waals surface area contributed by atoms with E-state index in [4.69, 9.17) is 9.90 Å². The second kappa shape index (κ2) is 10.3. The normalized spacial score (nSPS) is 24.0. The van der Waals surface area contributed by atoms with Gasteiger partial charge in [0.2, 0.25) is 5.96 Å². The van der Waals surface area contributed by atoms with Crippen molar-refractivity contribution in [3.05, 3.63) is 35.8 Å². The monoisotopic (exact) mass is 479 g/mol. The van der Waals surface area contributed by atoms with E-state index in [9.17, 15) is 18.0 Å². The Morgan fingerprint density at radius 3 is 2.68 bits per heavy atom. The van der Waals surface area contributed by atoms with Gasteiger partial charge in [-0.05, 0) is 48.8 Å². The first-order chi connectivity index (χ1) is 16.0. The van der Waals surface area contributed by atoms with Gasteiger partial charge in [-0.3, -0.25) is 10.1 Å². The third-order valence-corrected chi connectivity index (χ3v) is 6.06. The van der Waals surface area contributed by atoms with Crippen LogP contribution in [0.1, 0.15) is 45.6 Å². The summed E-state index contributed by atoms with van der Waals surface area (Å²) >= 11 is 0. The van der Waals surface area contributed by atoms with Crippen LogP contribution in [0.25, 0.3) is 17.1 Å². The van der Waals surface area contributed by atoms with Crippen molar-refractivity contribution in [3.63, 3.8) is 0 Å². The molecule has 2 aliphatic rings. The molecule has 1 aliphatic carbocycles. The molecule has 1 amide bonds. The first-order valence-electron chi connectivity index (χ1n) is 11.1. The van der Waals surface area contributed by atoms with Crippen molar-refractivity contribution < 1.29 is 27.9 Å². The number of aliphatic imine (C=N–C) groups is 1. The van der Waals surface area contributed by atoms with Gasteiger partial charge in [-0.2, -0.15) is 13.2 Å². The standard InChI is InChI=1S/C21H27N5O.C2HF3O2/c1-12(2)15-7-6-13(3)9-17(15)24-21-25-18(20(27)26-21)10-14-11-23-19-16(14)5-4-8-22-19;3-2(4,5)1(6)7/h4-5,8,10-13,15,17H,6-7,9H2,1-3H3,(H,22,23)(H2,24,25,26,27);(H,6,7)/b18-10-;/t13-,15+,17-;/m0./s1. The highest BCUT2D eigenvalue weighted by molar-refractivity contribution is 6.14. The number of H-pyrrole nitrogens is 1. The Labute approximate surface area is 194 Å². The molecule has 3 heterocycles. The van der Waals surface area contributed by atoms with E-state index in [2.05, 4.69) is 46.4 Å². The van der Waals surface area contributed by atoms with Crippen LogP contribution in [0.2, 0.25) is 0 Å². The third kappa shape index (κ3) is 6.15. The average molecular weight is 480 g/mol. The van der Waals surface area contributed by atoms with Crippen molar-refractivity contribution in [3.8, 4) is 0 Å². The summed E-state index contributed by atoms with van der Waals surface area (Å²) in [6.45, 7) is 6.86. The lowest BCUT2D eigenvalue weighted by molar-refractivity contribution is -0.192. The largest absolute Gasteiger partial charge is 0.490 e. The van der Waals surface area contributed by atoms with Crippen molar-refractivity contribution in [1.82, 2.24) is 20.6 Å². The molecule has 1 aliphatic heterocycles. The maximum atomic E-state index is 12.4. The topological polar surface area (TPSA) is 119 Å². The van der Waals surface area contributed by atoms with Crippen LogP contribution in [0.5, 0.6) is 0 Å². The summed E-state index contributed by atoms with van der Waals surface area (Å²) in [4.78, 5) is 33.3. The zero-order valence-electron chi connectivity index (χ0n) is 19.1. The minimum Gasteiger partial charge on any atom is -0.475 e. The number of pyridine rings is 1. The minimum atomic E-state index is -5.08. The SMILES string of the molecule is CC(C)[C@H]1CC[C@H](C)C[C@@H]1NC1=N/C(=C\c2c[nH]c3ncccc23)C(=O)N1.O=C(O)C(F)(F)F. The van der Waals surface area contributed by atoms with E-state index < -0.39 is 12.1 Å². The molecule has 4 N–H and O–H groups in total. The predicted molar refractivity (Wildman–Crippen MR) is 122 cm³/mol. The predicted octanol–water partition coefficient (Wildman–Crippen LogP) is 4.07. The number of nitrogens with one attached hydrogen (secondary N) is 3. The lowest BCUT2D eigenvalue weighted by Crippen LogP contribution is -2.49. The van der Waals surface area contributed by atoms with E-state index >= 15 is 0 Å². The number of amides is 1. The Morgan fingerprint density at radius 2 is 2.03 bits per heavy atom. The number of alkyl halides is 3. The Balaban J connectivity index is 0.000000406. The number of hydrogen-bond acceptors (Lipinski definition) is 5. The molecule has 0 spiro atoms. The number of carbonyl (C=O) groups is 2. The summed E-state index contributed by atoms with van der Waals surface area (Å²) in [6.07, 6.45) is 3.95. The number of guanidine groups is 1. The number of rotatable bonds is 3. The smallest absolute Gasteiger partial charge is 0.475 e. The van der Waals surface area contributed by atoms with Crippen LogP contribution in [0.4, 0.5) is 13.2 Å². The van der Waals surface area contributed by atoms with E-state index in [1.807, 2.05) is 24.4 Å². The van der Waals surface area contributed by atoms with Crippen molar-refractivity contribution in [1.29, 1.82) is 0 Å². The van der Waals surface area contributed by atoms with Gasteiger partial charge in [-0.1, -0.05) is 27.2 Å². The van der Waals surface area contributed by atoms with Crippen LogP contribution in [-0.2, 0) is 9.59 Å². The van der Waals surface area contributed by atoms with Gasteiger partial charge in [0.05, 0.1) is 0 Å². The summed E-state index contributed by atoms with van der Waals surface area (Å²) in [7, 11) is 0. The fourth-order valence-electron chi connectivity index (χ4n) is 4.32. The van der Waals surface area contributed by atoms with Crippen LogP contribution < -0.4 is 10.6 Å². The maximum Gasteiger partial charge on any atom is 0.490 e. The van der Waals surface area contributed by atoms with Gasteiger partial charge in [-0.15, -0.1) is 0 Å². The van der Waals surface area contributed by atoms with E-state index in [-0.39, 0.29) is 5.91 Å². The molecule has 0 aromatic carbocycles. The Morgan fingerprint density at radius 1 is 1.32 bits per heavy atom. The first-order valence-corrected chi connectivity index (χ1v) is 11.1. The maximum absolute atomic E-state index is 12.4. The highest BCUT2D eigenvalue weighted by Gasteiger charge is 2.38. The number of aromatic nitrogens is 2. The van der Waals surface area contributed by atoms with E-state index in [0.29, 0.717) is 35.5 Å². The molecule has 34 heavy (non-hydrogen) atoms. The number of fused-ring (bicyclic) bond motifs is 1. The van der Waals surface area contributed by atoms with E-state index in [1.54, 1.807) is 6.20 Å². The minimum absolute atomic E-state index is 0.166. The molecule has 1 saturated carbocycles. The van der Waals surface area contributed by atoms with Gasteiger partial charge in [0.25, 0.3) is 5.91 Å². The summed E-state index contributed by atoms with van der Waals surface area (Å²) in [5, 5.41) is 14.5. The molecule has 0 radical (unpaired) electrons. The number of carboxylic acid groups (broad SMARTS) is 1. The fourth-order valence-corrected chi connectivity index (χ4v) is 4.32. The highest BCUT2D eigenvalue weighted by atomic mass is 19.4. The van der Waals surface area contributed by atoms with Gasteiger partial charge in [0.15, 0.2) is 0 Å². The van der Waals surface area contributed by atoms with Crippen LogP contribution in [0, 0.1) is 17.8 Å². The molecule has 0 bridgehead atoms. The number of aromatic amines is 1. The number of carboxylic acids is 1. The number of aliphatic carboxylic acids is 1. The molecule has 3 atom stereocenters. The van der Waals surface area contributed by atoms with Gasteiger partial charge < -0.3 is 15.4 Å². The van der Waals surface area contributed by atoms with Crippen molar-refractivity contribution in [2.24, 2.45) is 22.7 Å². The van der Waals surface area contributed by atoms with Gasteiger partial charge in [0.1, 0.15) is 11.3 Å². The molecule has 11 heteroatoms. The summed E-state index contributed by atoms with van der Waals surface area (Å²) in [5.41, 5.74) is 2.15. The molecular formula is C23H28F3N5O3. The number of carbonyl (C=O) groups excluding carboxylic acids is 1. The lowest BCUT2D eigenvalue weighted by Gasteiger charge is -2.38. The lowest BCUT2D eigenvalue weighted by atomic mass is 9.74. The Kier molecular flexibility index (Phi) is 7.63. The molecule has 4 rings (SSSR count). The highest BCUT2D eigenvalue weighted by Crippen LogP contribution is 2.33. The molecule has 8 nitrogen and oxygen atoms in total. The van der Waals surface area contributed by atoms with Crippen LogP contribution in [0.3, 0.4) is 0 Å². The Hall–Kier alpha value is -3.37. The molecule has 0 unspecified atom stereocenters. The quantitative estimate of drug-likeness (QED) is 0.495. The average Bonchev–Trinajstić information content (AvgIpc) is 3.31. The number of hydrogen-bond donors (Lipinski definition) is 4. The Bertz CT molecular complexity index is 1110. The number of halogens is 3. The summed E-state index contributed by atoms with van der Waals surface area (Å²) < 4.78 is 31.7. The second-order valence-corrected chi connectivity index (χ2v) is 8.97. The van der Waals surface area contributed by atoms with Gasteiger partial charge in [-0.25, -0.2) is 14.8 Å². The second-order valence-electron chi connectivity index (χ2n) is 8.97. The van der Waals surface area contributed by atoms with Crippen LogP contribution in [0.15, 0.2) is 35.2 Å². The van der Waals surface area contributed by atoms with Crippen molar-refractivity contribution in [2.75, 3.05) is 0 Å². The van der Waals surface area contributed by atoms with Crippen LogP contribution >= 0.6 is 0 Å². The van der Waals surface area contributed by atoms with Crippen molar-refractivity contribution in [2.45, 2.75) is 52.3 Å².